The van der Waals surface area contributed by atoms with Crippen molar-refractivity contribution in [1.82, 2.24) is 4.57 Å². The van der Waals surface area contributed by atoms with Crippen LogP contribution in [0.25, 0.3) is 0 Å². The third-order valence-electron chi connectivity index (χ3n) is 3.89. The van der Waals surface area contributed by atoms with Crippen molar-refractivity contribution in [2.75, 3.05) is 12.1 Å². The minimum Gasteiger partial charge on any atom is -0.454 e. The molecule has 0 spiro atoms. The number of rotatable bonds is 5. The first-order chi connectivity index (χ1) is 11.8. The summed E-state index contributed by atoms with van der Waals surface area (Å²) in [7, 11) is 0. The lowest BCUT2D eigenvalue weighted by atomic mass is 10.1. The van der Waals surface area contributed by atoms with Gasteiger partial charge >= 0.3 is 0 Å². The van der Waals surface area contributed by atoms with Gasteiger partial charge in [0.2, 0.25) is 12.7 Å². The van der Waals surface area contributed by atoms with Gasteiger partial charge in [0.05, 0.1) is 12.5 Å². The first-order valence-corrected chi connectivity index (χ1v) is 8.53. The van der Waals surface area contributed by atoms with E-state index in [2.05, 4.69) is 16.0 Å². The first kappa shape index (κ1) is 14.8. The number of carbonyl (C=O) groups is 1. The Morgan fingerprint density at radius 1 is 1.17 bits per heavy atom. The van der Waals surface area contributed by atoms with Crippen molar-refractivity contribution in [1.29, 1.82) is 0 Å². The van der Waals surface area contributed by atoms with Gasteiger partial charge in [0.1, 0.15) is 0 Å². The van der Waals surface area contributed by atoms with Gasteiger partial charge < -0.3 is 19.4 Å². The Morgan fingerprint density at radius 3 is 2.79 bits per heavy atom. The molecule has 4 rings (SSSR count). The molecule has 1 aliphatic heterocycles. The fourth-order valence-corrected chi connectivity index (χ4v) is 3.58. The second kappa shape index (κ2) is 6.41. The standard InChI is InChI=1S/C18H16N2O3S/c21-18(19-13-5-6-15-16(10-13)23-12-22-15)11-14(17-4-3-9-24-17)20-7-1-2-8-20/h1-10,14H,11-12H2,(H,19,21)/t14-/m0/s1. The Morgan fingerprint density at radius 2 is 2.00 bits per heavy atom. The SMILES string of the molecule is O=C(C[C@@H](c1cccs1)n1cccc1)Nc1ccc2c(c1)OCO2. The zero-order chi connectivity index (χ0) is 16.4. The van der Waals surface area contributed by atoms with Crippen LogP contribution < -0.4 is 14.8 Å². The van der Waals surface area contributed by atoms with Gasteiger partial charge in [-0.25, -0.2) is 0 Å². The highest BCUT2D eigenvalue weighted by molar-refractivity contribution is 7.10. The number of nitrogens with zero attached hydrogens (tertiary/aromatic N) is 1. The van der Waals surface area contributed by atoms with Crippen molar-refractivity contribution >= 4 is 22.9 Å². The van der Waals surface area contributed by atoms with E-state index in [-0.39, 0.29) is 18.7 Å². The normalized spacial score (nSPS) is 13.7. The number of nitrogens with one attached hydrogen (secondary N) is 1. The van der Waals surface area contributed by atoms with Crippen LogP contribution >= 0.6 is 11.3 Å². The number of benzene rings is 1. The van der Waals surface area contributed by atoms with E-state index >= 15 is 0 Å². The Balaban J connectivity index is 1.49. The molecular formula is C18H16N2O3S. The maximum absolute atomic E-state index is 12.5. The predicted molar refractivity (Wildman–Crippen MR) is 92.7 cm³/mol. The lowest BCUT2D eigenvalue weighted by molar-refractivity contribution is -0.116. The molecule has 1 N–H and O–H groups in total. The number of aromatic nitrogens is 1. The molecule has 1 aromatic carbocycles. The Hall–Kier alpha value is -2.73. The summed E-state index contributed by atoms with van der Waals surface area (Å²) in [5, 5.41) is 4.97. The van der Waals surface area contributed by atoms with E-state index in [4.69, 9.17) is 9.47 Å². The van der Waals surface area contributed by atoms with Crippen molar-refractivity contribution in [3.63, 3.8) is 0 Å². The molecule has 0 fully saturated rings. The molecule has 3 heterocycles. The van der Waals surface area contributed by atoms with E-state index in [1.54, 1.807) is 23.5 Å². The molecule has 6 heteroatoms. The Bertz CT molecular complexity index is 794. The van der Waals surface area contributed by atoms with E-state index in [9.17, 15) is 4.79 Å². The van der Waals surface area contributed by atoms with Crippen LogP contribution in [-0.4, -0.2) is 17.3 Å². The molecule has 0 unspecified atom stereocenters. The zero-order valence-corrected chi connectivity index (χ0v) is 13.7. The van der Waals surface area contributed by atoms with Gasteiger partial charge in [-0.05, 0) is 35.7 Å². The summed E-state index contributed by atoms with van der Waals surface area (Å²) in [6.45, 7) is 0.223. The summed E-state index contributed by atoms with van der Waals surface area (Å²) in [5.41, 5.74) is 0.710. The highest BCUT2D eigenvalue weighted by atomic mass is 32.1. The van der Waals surface area contributed by atoms with E-state index in [0.29, 0.717) is 23.6 Å². The molecule has 0 radical (unpaired) electrons. The molecule has 3 aromatic rings. The van der Waals surface area contributed by atoms with E-state index in [1.807, 2.05) is 42.0 Å². The van der Waals surface area contributed by atoms with E-state index < -0.39 is 0 Å². The van der Waals surface area contributed by atoms with Crippen LogP contribution in [0.4, 0.5) is 5.69 Å². The monoisotopic (exact) mass is 340 g/mol. The molecule has 122 valence electrons. The number of carbonyl (C=O) groups excluding carboxylic acids is 1. The van der Waals surface area contributed by atoms with Crippen LogP contribution in [0.1, 0.15) is 17.3 Å². The molecule has 0 bridgehead atoms. The minimum absolute atomic E-state index is 0.00555. The summed E-state index contributed by atoms with van der Waals surface area (Å²) in [6.07, 6.45) is 4.33. The van der Waals surface area contributed by atoms with Crippen LogP contribution in [0.5, 0.6) is 11.5 Å². The second-order valence-corrected chi connectivity index (χ2v) is 6.46. The highest BCUT2D eigenvalue weighted by Crippen LogP contribution is 2.34. The van der Waals surface area contributed by atoms with Gasteiger partial charge in [-0.1, -0.05) is 6.07 Å². The van der Waals surface area contributed by atoms with Crippen molar-refractivity contribution < 1.29 is 14.3 Å². The summed E-state index contributed by atoms with van der Waals surface area (Å²) >= 11 is 1.66. The number of amides is 1. The number of fused-ring (bicyclic) bond motifs is 1. The molecule has 0 saturated heterocycles. The molecule has 24 heavy (non-hydrogen) atoms. The number of anilines is 1. The maximum atomic E-state index is 12.5. The molecule has 0 saturated carbocycles. The number of ether oxygens (including phenoxy) is 2. The summed E-state index contributed by atoms with van der Waals surface area (Å²) < 4.78 is 12.7. The predicted octanol–water partition coefficient (Wildman–Crippen LogP) is 3.90. The molecule has 2 aromatic heterocycles. The minimum atomic E-state index is -0.0408. The zero-order valence-electron chi connectivity index (χ0n) is 12.8. The molecule has 0 aliphatic carbocycles. The summed E-state index contributed by atoms with van der Waals surface area (Å²) in [6, 6.07) is 13.4. The first-order valence-electron chi connectivity index (χ1n) is 7.65. The van der Waals surface area contributed by atoms with Gasteiger partial charge in [-0.15, -0.1) is 11.3 Å². The Labute approximate surface area is 143 Å². The van der Waals surface area contributed by atoms with Gasteiger partial charge in [-0.2, -0.15) is 0 Å². The molecule has 1 atom stereocenters. The average molecular weight is 340 g/mol. The largest absolute Gasteiger partial charge is 0.454 e. The maximum Gasteiger partial charge on any atom is 0.231 e. The van der Waals surface area contributed by atoms with Gasteiger partial charge in [0.15, 0.2) is 11.5 Å². The van der Waals surface area contributed by atoms with E-state index in [1.165, 1.54) is 0 Å². The summed E-state index contributed by atoms with van der Waals surface area (Å²) in [5.74, 6) is 1.32. The van der Waals surface area contributed by atoms with Gasteiger partial charge in [-0.3, -0.25) is 4.79 Å². The Kier molecular flexibility index (Phi) is 3.96. The van der Waals surface area contributed by atoms with Crippen LogP contribution in [0.2, 0.25) is 0 Å². The van der Waals surface area contributed by atoms with Crippen LogP contribution in [0.15, 0.2) is 60.2 Å². The topological polar surface area (TPSA) is 52.5 Å². The molecule has 1 aliphatic rings. The third kappa shape index (κ3) is 3.00. The van der Waals surface area contributed by atoms with Crippen LogP contribution in [0, 0.1) is 0 Å². The van der Waals surface area contributed by atoms with Gasteiger partial charge in [0.25, 0.3) is 0 Å². The molecule has 5 nitrogen and oxygen atoms in total. The fraction of sp³-hybridized carbons (Fsp3) is 0.167. The molecular weight excluding hydrogens is 324 g/mol. The smallest absolute Gasteiger partial charge is 0.231 e. The van der Waals surface area contributed by atoms with Crippen molar-refractivity contribution in [3.05, 3.63) is 65.1 Å². The van der Waals surface area contributed by atoms with Crippen LogP contribution in [-0.2, 0) is 4.79 Å². The molecule has 1 amide bonds. The lowest BCUT2D eigenvalue weighted by Gasteiger charge is -2.17. The third-order valence-corrected chi connectivity index (χ3v) is 4.87. The quantitative estimate of drug-likeness (QED) is 0.766. The number of hydrogen-bond acceptors (Lipinski definition) is 4. The fourth-order valence-electron chi connectivity index (χ4n) is 2.75. The second-order valence-electron chi connectivity index (χ2n) is 5.48. The van der Waals surface area contributed by atoms with Gasteiger partial charge in [0, 0.05) is 29.0 Å². The lowest BCUT2D eigenvalue weighted by Crippen LogP contribution is -2.19. The summed E-state index contributed by atoms with van der Waals surface area (Å²) in [4.78, 5) is 13.7. The number of hydrogen-bond donors (Lipinski definition) is 1. The van der Waals surface area contributed by atoms with Crippen LogP contribution in [0.3, 0.4) is 0 Å². The van der Waals surface area contributed by atoms with Crippen molar-refractivity contribution in [2.45, 2.75) is 12.5 Å². The average Bonchev–Trinajstić information content (AvgIpc) is 3.33. The highest BCUT2D eigenvalue weighted by Gasteiger charge is 2.19. The van der Waals surface area contributed by atoms with E-state index in [0.717, 1.165) is 4.88 Å². The number of thiophene rings is 1. The van der Waals surface area contributed by atoms with Crippen molar-refractivity contribution in [2.24, 2.45) is 0 Å². The van der Waals surface area contributed by atoms with Crippen molar-refractivity contribution in [3.8, 4) is 11.5 Å².